The number of halogens is 3. The van der Waals surface area contributed by atoms with Crippen LogP contribution in [0.1, 0.15) is 40.9 Å². The second-order valence-electron chi connectivity index (χ2n) is 8.20. The van der Waals surface area contributed by atoms with E-state index in [0.717, 1.165) is 12.1 Å². The maximum absolute atomic E-state index is 13.2. The topological polar surface area (TPSA) is 82.3 Å². The van der Waals surface area contributed by atoms with E-state index in [1.807, 2.05) is 24.3 Å². The molecule has 2 N–H and O–H groups in total. The first-order valence-corrected chi connectivity index (χ1v) is 10.4. The lowest BCUT2D eigenvalue weighted by atomic mass is 9.88. The van der Waals surface area contributed by atoms with Gasteiger partial charge in [0.25, 0.3) is 5.91 Å². The van der Waals surface area contributed by atoms with Crippen molar-refractivity contribution in [2.45, 2.75) is 31.2 Å². The van der Waals surface area contributed by atoms with Gasteiger partial charge in [-0.25, -0.2) is 0 Å². The zero-order valence-electron chi connectivity index (χ0n) is 18.6. The van der Waals surface area contributed by atoms with Crippen LogP contribution in [0.15, 0.2) is 78.9 Å². The molecule has 2 atom stereocenters. The van der Waals surface area contributed by atoms with E-state index in [9.17, 15) is 28.3 Å². The largest absolute Gasteiger partial charge is 0.489 e. The third-order valence-electron chi connectivity index (χ3n) is 5.39. The molecule has 1 amide bonds. The molecule has 0 fully saturated rings. The second kappa shape index (κ2) is 9.57. The van der Waals surface area contributed by atoms with Gasteiger partial charge in [-0.3, -0.25) is 4.79 Å². The van der Waals surface area contributed by atoms with Crippen molar-refractivity contribution in [1.29, 1.82) is 5.26 Å². The number of hydrogen-bond acceptors (Lipinski definition) is 4. The Morgan fingerprint density at radius 2 is 1.50 bits per heavy atom. The molecule has 0 aliphatic heterocycles. The summed E-state index contributed by atoms with van der Waals surface area (Å²) in [5.74, 6) is -1.04. The van der Waals surface area contributed by atoms with Crippen LogP contribution in [0, 0.1) is 11.3 Å². The Bertz CT molecular complexity index is 1190. The van der Waals surface area contributed by atoms with Crippen molar-refractivity contribution in [3.63, 3.8) is 0 Å². The summed E-state index contributed by atoms with van der Waals surface area (Å²) < 4.78 is 44.8. The molecule has 0 saturated heterocycles. The third kappa shape index (κ3) is 5.56. The van der Waals surface area contributed by atoms with Gasteiger partial charge in [0.05, 0.1) is 11.6 Å². The molecule has 0 heterocycles. The van der Waals surface area contributed by atoms with Crippen molar-refractivity contribution in [3.05, 3.63) is 101 Å². The van der Waals surface area contributed by atoms with Crippen LogP contribution < -0.4 is 10.1 Å². The molecule has 0 radical (unpaired) electrons. The molecule has 3 aromatic rings. The zero-order chi connectivity index (χ0) is 25.0. The van der Waals surface area contributed by atoms with Crippen LogP contribution in [-0.4, -0.2) is 23.2 Å². The molecule has 0 aliphatic carbocycles. The van der Waals surface area contributed by atoms with Crippen molar-refractivity contribution in [2.75, 3.05) is 6.61 Å². The molecular formula is C26H23F3N2O3. The number of para-hydroxylation sites is 1. The van der Waals surface area contributed by atoms with Gasteiger partial charge >= 0.3 is 6.18 Å². The fraction of sp³-hybridized carbons (Fsp3) is 0.231. The number of rotatable bonds is 7. The number of carbonyl (C=O) groups is 1. The lowest BCUT2D eigenvalue weighted by molar-refractivity contribution is -0.139. The number of nitrogens with zero attached hydrogens (tertiary/aromatic N) is 1. The predicted octanol–water partition coefficient (Wildman–Crippen LogP) is 5.05. The van der Waals surface area contributed by atoms with Crippen LogP contribution in [0.4, 0.5) is 13.2 Å². The van der Waals surface area contributed by atoms with Crippen LogP contribution in [0.25, 0.3) is 0 Å². The average Bonchev–Trinajstić information content (AvgIpc) is 2.83. The van der Waals surface area contributed by atoms with Gasteiger partial charge in [-0.1, -0.05) is 54.6 Å². The van der Waals surface area contributed by atoms with Gasteiger partial charge in [-0.2, -0.15) is 18.4 Å². The van der Waals surface area contributed by atoms with Crippen molar-refractivity contribution < 1.29 is 27.8 Å². The number of carbonyl (C=O) groups excluding carboxylic acids is 1. The predicted molar refractivity (Wildman–Crippen MR) is 120 cm³/mol. The highest BCUT2D eigenvalue weighted by molar-refractivity contribution is 5.95. The minimum atomic E-state index is -4.62. The second-order valence-corrected chi connectivity index (χ2v) is 8.20. The van der Waals surface area contributed by atoms with Gasteiger partial charge in [0.1, 0.15) is 18.0 Å². The van der Waals surface area contributed by atoms with Crippen LogP contribution in [0.3, 0.4) is 0 Å². The van der Waals surface area contributed by atoms with E-state index in [-0.39, 0.29) is 5.56 Å². The van der Waals surface area contributed by atoms with Crippen LogP contribution in [0.5, 0.6) is 5.75 Å². The third-order valence-corrected chi connectivity index (χ3v) is 5.39. The number of nitriles is 1. The number of benzene rings is 3. The molecule has 0 spiro atoms. The number of hydrogen-bond donors (Lipinski definition) is 2. The van der Waals surface area contributed by atoms with Crippen molar-refractivity contribution in [2.24, 2.45) is 0 Å². The van der Waals surface area contributed by atoms with Gasteiger partial charge in [-0.05, 0) is 49.2 Å². The first-order valence-electron chi connectivity index (χ1n) is 10.4. The SMILES string of the molecule is CC(C#N)(COc1ccccc1C(F)(F)F)NC(=O)c1ccc(C(C)(O)c2ccccc2)cc1. The molecule has 34 heavy (non-hydrogen) atoms. The lowest BCUT2D eigenvalue weighted by Gasteiger charge is -2.26. The first-order chi connectivity index (χ1) is 16.0. The molecule has 0 saturated carbocycles. The zero-order valence-corrected chi connectivity index (χ0v) is 18.6. The summed E-state index contributed by atoms with van der Waals surface area (Å²) in [6.07, 6.45) is -4.62. The van der Waals surface area contributed by atoms with Gasteiger partial charge in [0, 0.05) is 5.56 Å². The summed E-state index contributed by atoms with van der Waals surface area (Å²) in [7, 11) is 0. The molecule has 0 aliphatic rings. The Morgan fingerprint density at radius 3 is 2.09 bits per heavy atom. The van der Waals surface area contributed by atoms with Crippen molar-refractivity contribution in [3.8, 4) is 11.8 Å². The van der Waals surface area contributed by atoms with Gasteiger partial charge < -0.3 is 15.2 Å². The van der Waals surface area contributed by atoms with Gasteiger partial charge in [0.2, 0.25) is 0 Å². The minimum Gasteiger partial charge on any atom is -0.489 e. The van der Waals surface area contributed by atoms with E-state index in [0.29, 0.717) is 11.1 Å². The molecule has 2 unspecified atom stereocenters. The molecule has 3 aromatic carbocycles. The fourth-order valence-corrected chi connectivity index (χ4v) is 3.34. The van der Waals surface area contributed by atoms with Gasteiger partial charge in [-0.15, -0.1) is 0 Å². The minimum absolute atomic E-state index is 0.213. The lowest BCUT2D eigenvalue weighted by Crippen LogP contribution is -2.49. The Morgan fingerprint density at radius 1 is 0.941 bits per heavy atom. The van der Waals surface area contributed by atoms with E-state index in [1.165, 1.54) is 31.2 Å². The summed E-state index contributed by atoms with van der Waals surface area (Å²) in [5.41, 5.74) is -2.39. The van der Waals surface area contributed by atoms with E-state index in [2.05, 4.69) is 5.32 Å². The summed E-state index contributed by atoms with van der Waals surface area (Å²) in [4.78, 5) is 12.7. The molecule has 0 bridgehead atoms. The molecule has 0 aromatic heterocycles. The Hall–Kier alpha value is -3.83. The molecule has 3 rings (SSSR count). The number of amides is 1. The fourth-order valence-electron chi connectivity index (χ4n) is 3.34. The first kappa shape index (κ1) is 24.8. The number of alkyl halides is 3. The smallest absolute Gasteiger partial charge is 0.419 e. The van der Waals surface area contributed by atoms with E-state index >= 15 is 0 Å². The Kier molecular flexibility index (Phi) is 6.99. The molecule has 8 heteroatoms. The van der Waals surface area contributed by atoms with E-state index < -0.39 is 41.1 Å². The van der Waals surface area contributed by atoms with Crippen LogP contribution in [0.2, 0.25) is 0 Å². The molecule has 5 nitrogen and oxygen atoms in total. The standard InChI is InChI=1S/C26H23F3N2O3/c1-24(16-30,17-34-22-11-7-6-10-21(22)26(27,28)29)31-23(32)18-12-14-20(15-13-18)25(2,33)19-8-4-3-5-9-19/h3-15,33H,17H2,1-2H3,(H,31,32). The summed E-state index contributed by atoms with van der Waals surface area (Å²) in [5, 5.41) is 23.0. The maximum Gasteiger partial charge on any atom is 0.419 e. The Balaban J connectivity index is 1.72. The summed E-state index contributed by atoms with van der Waals surface area (Å²) in [6.45, 7) is 2.50. The molecular weight excluding hydrogens is 445 g/mol. The highest BCUT2D eigenvalue weighted by Gasteiger charge is 2.35. The van der Waals surface area contributed by atoms with Crippen LogP contribution >= 0.6 is 0 Å². The van der Waals surface area contributed by atoms with Crippen molar-refractivity contribution in [1.82, 2.24) is 5.32 Å². The quantitative estimate of drug-likeness (QED) is 0.508. The number of nitrogens with one attached hydrogen (secondary N) is 1. The highest BCUT2D eigenvalue weighted by Crippen LogP contribution is 2.36. The van der Waals surface area contributed by atoms with Gasteiger partial charge in [0.15, 0.2) is 5.54 Å². The maximum atomic E-state index is 13.2. The van der Waals surface area contributed by atoms with E-state index in [4.69, 9.17) is 4.74 Å². The van der Waals surface area contributed by atoms with E-state index in [1.54, 1.807) is 31.2 Å². The highest BCUT2D eigenvalue weighted by atomic mass is 19.4. The van der Waals surface area contributed by atoms with Crippen molar-refractivity contribution >= 4 is 5.91 Å². The summed E-state index contributed by atoms with van der Waals surface area (Å²) in [6, 6.07) is 21.8. The number of aliphatic hydroxyl groups is 1. The summed E-state index contributed by atoms with van der Waals surface area (Å²) >= 11 is 0. The molecule has 176 valence electrons. The number of ether oxygens (including phenoxy) is 1. The Labute approximate surface area is 195 Å². The van der Waals surface area contributed by atoms with Crippen LogP contribution in [-0.2, 0) is 11.8 Å². The monoisotopic (exact) mass is 468 g/mol. The normalized spacial score (nSPS) is 14.9. The average molecular weight is 468 g/mol.